The van der Waals surface area contributed by atoms with Crippen LogP contribution in [-0.4, -0.2) is 34.1 Å². The van der Waals surface area contributed by atoms with Gasteiger partial charge in [-0.15, -0.1) is 0 Å². The maximum absolute atomic E-state index is 13.1. The fraction of sp³-hybridized carbons (Fsp3) is 0.667. The van der Waals surface area contributed by atoms with Crippen LogP contribution in [0.25, 0.3) is 0 Å². The molecule has 150 valence electrons. The summed E-state index contributed by atoms with van der Waals surface area (Å²) in [5.41, 5.74) is -1.11. The topological polar surface area (TPSA) is 30.5 Å². The smallest absolute Gasteiger partial charge is 0.420 e. The van der Waals surface area contributed by atoms with Crippen LogP contribution in [0.5, 0.6) is 5.75 Å². The van der Waals surface area contributed by atoms with Crippen LogP contribution in [0.1, 0.15) is 33.3 Å². The van der Waals surface area contributed by atoms with Gasteiger partial charge in [0.2, 0.25) is 0 Å². The molecular weight excluding hydrogens is 366 g/mol. The van der Waals surface area contributed by atoms with E-state index in [0.29, 0.717) is 19.2 Å². The molecule has 26 heavy (non-hydrogen) atoms. The Balaban J connectivity index is 2.48. The second-order valence-electron chi connectivity index (χ2n) is 7.91. The lowest BCUT2D eigenvalue weighted by Crippen LogP contribution is -2.43. The first-order chi connectivity index (χ1) is 11.7. The lowest BCUT2D eigenvalue weighted by atomic mass is 10.2. The number of alkyl halides is 3. The van der Waals surface area contributed by atoms with Crippen LogP contribution >= 0.6 is 0 Å². The van der Waals surface area contributed by atoms with Crippen molar-refractivity contribution in [2.24, 2.45) is 0 Å². The van der Waals surface area contributed by atoms with Crippen molar-refractivity contribution in [2.75, 3.05) is 19.8 Å². The summed E-state index contributed by atoms with van der Waals surface area (Å²) in [6.45, 7) is 13.7. The first kappa shape index (κ1) is 22.9. The Labute approximate surface area is 154 Å². The molecule has 3 nitrogen and oxygen atoms in total. The van der Waals surface area contributed by atoms with Crippen LogP contribution in [0.15, 0.2) is 18.2 Å². The minimum absolute atomic E-state index is 0.0365. The highest BCUT2D eigenvalue weighted by molar-refractivity contribution is 6.74. The van der Waals surface area contributed by atoms with Gasteiger partial charge < -0.3 is 14.5 Å². The minimum atomic E-state index is -4.66. The summed E-state index contributed by atoms with van der Waals surface area (Å²) in [4.78, 5) is 0. The molecule has 0 aliphatic rings. The van der Waals surface area contributed by atoms with Crippen molar-refractivity contribution < 1.29 is 26.7 Å². The Bertz CT molecular complexity index is 586. The fourth-order valence-electron chi connectivity index (χ4n) is 1.95. The number of nitrogens with one attached hydrogen (secondary N) is 1. The summed E-state index contributed by atoms with van der Waals surface area (Å²) in [7, 11) is -1.81. The molecule has 1 aromatic rings. The molecule has 0 fully saturated rings. The van der Waals surface area contributed by atoms with Crippen LogP contribution in [0, 0.1) is 5.82 Å². The van der Waals surface area contributed by atoms with Gasteiger partial charge in [-0.1, -0.05) is 20.8 Å². The van der Waals surface area contributed by atoms with Crippen molar-refractivity contribution in [3.05, 3.63) is 29.6 Å². The largest absolute Gasteiger partial charge is 0.491 e. The van der Waals surface area contributed by atoms with Gasteiger partial charge in [-0.25, -0.2) is 4.39 Å². The molecule has 0 radical (unpaired) electrons. The third-order valence-corrected chi connectivity index (χ3v) is 9.14. The number of halogens is 4. The quantitative estimate of drug-likeness (QED) is 0.372. The van der Waals surface area contributed by atoms with Crippen LogP contribution in [0.2, 0.25) is 18.1 Å². The minimum Gasteiger partial charge on any atom is -0.491 e. The van der Waals surface area contributed by atoms with Crippen molar-refractivity contribution in [2.45, 2.75) is 58.0 Å². The molecule has 1 aromatic carbocycles. The zero-order valence-electron chi connectivity index (χ0n) is 16.3. The van der Waals surface area contributed by atoms with E-state index in [0.717, 1.165) is 12.1 Å². The second kappa shape index (κ2) is 8.71. The van der Waals surface area contributed by atoms with Crippen molar-refractivity contribution in [3.8, 4) is 5.75 Å². The van der Waals surface area contributed by atoms with Crippen LogP contribution < -0.4 is 10.1 Å². The van der Waals surface area contributed by atoms with Gasteiger partial charge in [0.25, 0.3) is 0 Å². The highest BCUT2D eigenvalue weighted by Gasteiger charge is 2.37. The summed E-state index contributed by atoms with van der Waals surface area (Å²) < 4.78 is 63.2. The number of hydrogen-bond acceptors (Lipinski definition) is 3. The van der Waals surface area contributed by atoms with E-state index in [-0.39, 0.29) is 23.4 Å². The van der Waals surface area contributed by atoms with Gasteiger partial charge in [0.1, 0.15) is 23.7 Å². The van der Waals surface area contributed by atoms with Gasteiger partial charge in [-0.3, -0.25) is 0 Å². The Kier molecular flexibility index (Phi) is 7.68. The molecule has 0 amide bonds. The van der Waals surface area contributed by atoms with Crippen molar-refractivity contribution in [3.63, 3.8) is 0 Å². The van der Waals surface area contributed by atoms with Gasteiger partial charge in [-0.05, 0) is 43.3 Å². The number of rotatable bonds is 8. The molecule has 1 N–H and O–H groups in total. The molecule has 0 saturated heterocycles. The van der Waals surface area contributed by atoms with Crippen LogP contribution in [0.4, 0.5) is 17.6 Å². The zero-order chi connectivity index (χ0) is 20.2. The highest BCUT2D eigenvalue weighted by atomic mass is 28.4. The molecule has 0 saturated carbocycles. The van der Waals surface area contributed by atoms with E-state index < -0.39 is 25.9 Å². The molecule has 1 atom stereocenters. The molecule has 0 spiro atoms. The molecule has 0 aliphatic carbocycles. The van der Waals surface area contributed by atoms with E-state index in [4.69, 9.17) is 9.16 Å². The van der Waals surface area contributed by atoms with Crippen molar-refractivity contribution in [1.82, 2.24) is 5.32 Å². The number of benzene rings is 1. The fourth-order valence-corrected chi connectivity index (χ4v) is 3.00. The first-order valence-corrected chi connectivity index (χ1v) is 11.5. The highest BCUT2D eigenvalue weighted by Crippen LogP contribution is 2.37. The van der Waals surface area contributed by atoms with Gasteiger partial charge in [0.15, 0.2) is 8.32 Å². The predicted octanol–water partition coefficient (Wildman–Crippen LogP) is 5.22. The summed E-state index contributed by atoms with van der Waals surface area (Å²) in [5, 5.41) is 3.29. The standard InChI is InChI=1S/C18H29F4NO2Si/c1-13(23-9-10-25-26(5,6)17(2,3)4)12-24-16-8-7-14(19)11-15(16)18(20,21)22/h7-8,11,13,23H,9-10,12H2,1-6H3/t13-/m0/s1. The molecule has 0 heterocycles. The Morgan fingerprint density at radius 2 is 1.77 bits per heavy atom. The number of hydrogen-bond donors (Lipinski definition) is 1. The lowest BCUT2D eigenvalue weighted by molar-refractivity contribution is -0.139. The molecular formula is C18H29F4NO2Si. The summed E-state index contributed by atoms with van der Waals surface area (Å²) in [6, 6.07) is 2.23. The summed E-state index contributed by atoms with van der Waals surface area (Å²) in [5.74, 6) is -1.32. The summed E-state index contributed by atoms with van der Waals surface area (Å²) in [6.07, 6.45) is -4.66. The average molecular weight is 396 g/mol. The van der Waals surface area contributed by atoms with Crippen LogP contribution in [0.3, 0.4) is 0 Å². The monoisotopic (exact) mass is 395 g/mol. The average Bonchev–Trinajstić information content (AvgIpc) is 2.48. The maximum atomic E-state index is 13.1. The lowest BCUT2D eigenvalue weighted by Gasteiger charge is -2.36. The second-order valence-corrected chi connectivity index (χ2v) is 12.7. The molecule has 0 aliphatic heterocycles. The maximum Gasteiger partial charge on any atom is 0.420 e. The Hall–Kier alpha value is -1.12. The predicted molar refractivity (Wildman–Crippen MR) is 97.5 cm³/mol. The molecule has 0 unspecified atom stereocenters. The number of ether oxygens (including phenoxy) is 1. The normalized spacial score (nSPS) is 14.4. The van der Waals surface area contributed by atoms with Gasteiger partial charge in [0.05, 0.1) is 0 Å². The van der Waals surface area contributed by atoms with Crippen molar-refractivity contribution in [1.29, 1.82) is 0 Å². The van der Waals surface area contributed by atoms with E-state index in [9.17, 15) is 17.6 Å². The third kappa shape index (κ3) is 6.89. The molecule has 1 rings (SSSR count). The Morgan fingerprint density at radius 1 is 1.15 bits per heavy atom. The van der Waals surface area contributed by atoms with E-state index >= 15 is 0 Å². The third-order valence-electron chi connectivity index (χ3n) is 4.60. The van der Waals surface area contributed by atoms with E-state index in [1.807, 2.05) is 6.92 Å². The molecule has 0 aromatic heterocycles. The van der Waals surface area contributed by atoms with E-state index in [1.165, 1.54) is 0 Å². The van der Waals surface area contributed by atoms with E-state index in [1.54, 1.807) is 0 Å². The van der Waals surface area contributed by atoms with Gasteiger partial charge >= 0.3 is 6.18 Å². The van der Waals surface area contributed by atoms with Crippen LogP contribution in [-0.2, 0) is 10.6 Å². The molecule has 8 heteroatoms. The van der Waals surface area contributed by atoms with Gasteiger partial charge in [0, 0.05) is 19.2 Å². The SMILES string of the molecule is C[C@@H](COc1ccc(F)cc1C(F)(F)F)NCCO[Si](C)(C)C(C)(C)C. The first-order valence-electron chi connectivity index (χ1n) is 8.61. The van der Waals surface area contributed by atoms with E-state index in [2.05, 4.69) is 39.2 Å². The van der Waals surface area contributed by atoms with Gasteiger partial charge in [-0.2, -0.15) is 13.2 Å². The zero-order valence-corrected chi connectivity index (χ0v) is 17.3. The molecule has 0 bridgehead atoms. The Morgan fingerprint density at radius 3 is 2.31 bits per heavy atom. The summed E-state index contributed by atoms with van der Waals surface area (Å²) >= 11 is 0. The van der Waals surface area contributed by atoms with Crippen molar-refractivity contribution >= 4 is 8.32 Å².